The number of hydrogen-bond donors (Lipinski definition) is 5. The van der Waals surface area contributed by atoms with Gasteiger partial charge in [0, 0.05) is 13.6 Å². The molecule has 0 bridgehead atoms. The normalized spacial score (nSPS) is 16.0. The molecular formula is C16H24ClNO7. The summed E-state index contributed by atoms with van der Waals surface area (Å²) in [6.45, 7) is -0.947. The molecule has 0 saturated heterocycles. The van der Waals surface area contributed by atoms with Crippen LogP contribution in [-0.4, -0.2) is 87.6 Å². The van der Waals surface area contributed by atoms with E-state index >= 15 is 0 Å². The van der Waals surface area contributed by atoms with Crippen LogP contribution in [0.1, 0.15) is 6.42 Å². The molecule has 4 atom stereocenters. The van der Waals surface area contributed by atoms with E-state index in [1.165, 1.54) is 11.9 Å². The number of aliphatic hydroxyl groups is 5. The van der Waals surface area contributed by atoms with Crippen LogP contribution >= 0.6 is 11.6 Å². The van der Waals surface area contributed by atoms with Crippen molar-refractivity contribution in [2.45, 2.75) is 30.8 Å². The lowest BCUT2D eigenvalue weighted by Gasteiger charge is -2.28. The second-order valence-corrected chi connectivity index (χ2v) is 6.01. The summed E-state index contributed by atoms with van der Waals surface area (Å²) < 4.78 is 5.40. The van der Waals surface area contributed by atoms with Gasteiger partial charge in [0.2, 0.25) is 5.91 Å². The zero-order valence-electron chi connectivity index (χ0n) is 13.8. The van der Waals surface area contributed by atoms with Gasteiger partial charge in [0.25, 0.3) is 0 Å². The van der Waals surface area contributed by atoms with Crippen molar-refractivity contribution in [3.8, 4) is 5.75 Å². The lowest BCUT2D eigenvalue weighted by Crippen LogP contribution is -2.50. The molecular weight excluding hydrogens is 354 g/mol. The molecule has 4 unspecified atom stereocenters. The average molecular weight is 378 g/mol. The molecule has 0 fully saturated rings. The van der Waals surface area contributed by atoms with E-state index in [0.717, 1.165) is 0 Å². The Balaban J connectivity index is 2.41. The van der Waals surface area contributed by atoms with E-state index in [4.69, 9.17) is 21.4 Å². The predicted molar refractivity (Wildman–Crippen MR) is 90.3 cm³/mol. The van der Waals surface area contributed by atoms with Crippen molar-refractivity contribution in [3.63, 3.8) is 0 Å². The predicted octanol–water partition coefficient (Wildman–Crippen LogP) is -0.997. The summed E-state index contributed by atoms with van der Waals surface area (Å²) in [5.41, 5.74) is 0. The van der Waals surface area contributed by atoms with Gasteiger partial charge in [-0.15, -0.1) is 0 Å². The Kier molecular flexibility index (Phi) is 9.12. The van der Waals surface area contributed by atoms with Gasteiger partial charge >= 0.3 is 0 Å². The number of hydrogen-bond acceptors (Lipinski definition) is 7. The van der Waals surface area contributed by atoms with Crippen LogP contribution in [0.5, 0.6) is 5.75 Å². The third-order valence-corrected chi connectivity index (χ3v) is 3.93. The summed E-state index contributed by atoms with van der Waals surface area (Å²) in [4.78, 5) is 13.2. The van der Waals surface area contributed by atoms with Crippen molar-refractivity contribution in [1.82, 2.24) is 4.90 Å². The molecule has 142 valence electrons. The maximum absolute atomic E-state index is 12.0. The van der Waals surface area contributed by atoms with E-state index in [-0.39, 0.29) is 25.5 Å². The van der Waals surface area contributed by atoms with Crippen LogP contribution in [0.2, 0.25) is 5.02 Å². The molecule has 1 aromatic rings. The fourth-order valence-electron chi connectivity index (χ4n) is 2.05. The molecule has 0 aliphatic heterocycles. The Labute approximate surface area is 150 Å². The van der Waals surface area contributed by atoms with Gasteiger partial charge in [0.1, 0.15) is 30.2 Å². The number of halogens is 1. The van der Waals surface area contributed by atoms with Crippen molar-refractivity contribution >= 4 is 17.5 Å². The maximum atomic E-state index is 12.0. The van der Waals surface area contributed by atoms with Crippen LogP contribution < -0.4 is 4.74 Å². The summed E-state index contributed by atoms with van der Waals surface area (Å²) in [5, 5.41) is 47.5. The van der Waals surface area contributed by atoms with Crippen molar-refractivity contribution in [3.05, 3.63) is 29.3 Å². The first-order valence-corrected chi connectivity index (χ1v) is 8.10. The number of carbonyl (C=O) groups excluding carboxylic acids is 1. The molecule has 0 saturated carbocycles. The lowest BCUT2D eigenvalue weighted by atomic mass is 10.0. The largest absolute Gasteiger partial charge is 0.491 e. The van der Waals surface area contributed by atoms with Crippen molar-refractivity contribution in [1.29, 1.82) is 0 Å². The van der Waals surface area contributed by atoms with Crippen molar-refractivity contribution in [2.75, 3.05) is 26.8 Å². The molecule has 0 radical (unpaired) electrons. The van der Waals surface area contributed by atoms with Gasteiger partial charge < -0.3 is 35.2 Å². The second kappa shape index (κ2) is 10.5. The number of ether oxygens (including phenoxy) is 1. The Hall–Kier alpha value is -1.42. The number of aliphatic hydroxyl groups excluding tert-OH is 5. The minimum Gasteiger partial charge on any atom is -0.491 e. The highest BCUT2D eigenvalue weighted by molar-refractivity contribution is 6.32. The Morgan fingerprint density at radius 1 is 1.16 bits per heavy atom. The molecule has 5 N–H and O–H groups in total. The van der Waals surface area contributed by atoms with Crippen LogP contribution in [0.25, 0.3) is 0 Å². The zero-order chi connectivity index (χ0) is 19.0. The van der Waals surface area contributed by atoms with Crippen molar-refractivity contribution in [2.24, 2.45) is 0 Å². The van der Waals surface area contributed by atoms with E-state index in [0.29, 0.717) is 10.8 Å². The van der Waals surface area contributed by atoms with Crippen LogP contribution in [-0.2, 0) is 4.79 Å². The van der Waals surface area contributed by atoms with E-state index in [1.807, 2.05) is 0 Å². The van der Waals surface area contributed by atoms with Gasteiger partial charge in [-0.2, -0.15) is 0 Å². The van der Waals surface area contributed by atoms with E-state index < -0.39 is 31.0 Å². The highest BCUT2D eigenvalue weighted by atomic mass is 35.5. The summed E-state index contributed by atoms with van der Waals surface area (Å²) in [6, 6.07) is 6.83. The first kappa shape index (κ1) is 21.6. The van der Waals surface area contributed by atoms with Crippen molar-refractivity contribution < 1.29 is 35.1 Å². The Morgan fingerprint density at radius 3 is 2.36 bits per heavy atom. The molecule has 0 spiro atoms. The number of para-hydroxylation sites is 1. The zero-order valence-corrected chi connectivity index (χ0v) is 14.6. The molecule has 8 nitrogen and oxygen atoms in total. The molecule has 0 aromatic heterocycles. The molecule has 9 heteroatoms. The smallest absolute Gasteiger partial charge is 0.225 e. The van der Waals surface area contributed by atoms with E-state index in [9.17, 15) is 25.2 Å². The SMILES string of the molecule is CN(CC(O)C(O)C(O)C(O)CO)C(=O)CCOc1ccccc1Cl. The van der Waals surface area contributed by atoms with Gasteiger partial charge in [-0.3, -0.25) is 4.79 Å². The first-order valence-electron chi connectivity index (χ1n) is 7.72. The fraction of sp³-hybridized carbons (Fsp3) is 0.562. The quantitative estimate of drug-likeness (QED) is 0.353. The number of carbonyl (C=O) groups is 1. The number of likely N-dealkylation sites (N-methyl/N-ethyl adjacent to an activating group) is 1. The minimum atomic E-state index is -1.73. The second-order valence-electron chi connectivity index (χ2n) is 5.60. The minimum absolute atomic E-state index is 0.0202. The summed E-state index contributed by atoms with van der Waals surface area (Å²) in [6.07, 6.45) is -6.50. The molecule has 25 heavy (non-hydrogen) atoms. The Bertz CT molecular complexity index is 545. The average Bonchev–Trinajstić information content (AvgIpc) is 2.60. The fourth-order valence-corrected chi connectivity index (χ4v) is 2.24. The van der Waals surface area contributed by atoms with Gasteiger partial charge in [-0.1, -0.05) is 23.7 Å². The third-order valence-electron chi connectivity index (χ3n) is 3.62. The standard InChI is InChI=1S/C16H24ClNO7/c1-18(8-11(20)15(23)16(24)12(21)9-19)14(22)6-7-25-13-5-3-2-4-10(13)17/h2-5,11-12,15-16,19-21,23-24H,6-9H2,1H3. The van der Waals surface area contributed by atoms with Gasteiger partial charge in [-0.05, 0) is 12.1 Å². The number of amides is 1. The number of benzene rings is 1. The van der Waals surface area contributed by atoms with Crippen LogP contribution in [0.15, 0.2) is 24.3 Å². The molecule has 0 aliphatic carbocycles. The van der Waals surface area contributed by atoms with Crippen LogP contribution in [0.4, 0.5) is 0 Å². The van der Waals surface area contributed by atoms with Gasteiger partial charge in [0.05, 0.1) is 24.7 Å². The molecule has 0 heterocycles. The monoisotopic (exact) mass is 377 g/mol. The van der Waals surface area contributed by atoms with Gasteiger partial charge in [0.15, 0.2) is 0 Å². The molecule has 1 amide bonds. The number of nitrogens with zero attached hydrogens (tertiary/aromatic N) is 1. The summed E-state index contributed by atoms with van der Waals surface area (Å²) in [5.74, 6) is 0.103. The molecule has 1 aromatic carbocycles. The highest BCUT2D eigenvalue weighted by Gasteiger charge is 2.31. The first-order chi connectivity index (χ1) is 11.8. The van der Waals surface area contributed by atoms with Crippen LogP contribution in [0, 0.1) is 0 Å². The molecule has 0 aliphatic rings. The van der Waals surface area contributed by atoms with Crippen LogP contribution in [0.3, 0.4) is 0 Å². The maximum Gasteiger partial charge on any atom is 0.225 e. The van der Waals surface area contributed by atoms with E-state index in [1.54, 1.807) is 24.3 Å². The third kappa shape index (κ3) is 6.77. The van der Waals surface area contributed by atoms with Gasteiger partial charge in [-0.25, -0.2) is 0 Å². The number of rotatable bonds is 10. The Morgan fingerprint density at radius 2 is 1.76 bits per heavy atom. The topological polar surface area (TPSA) is 131 Å². The summed E-state index contributed by atoms with van der Waals surface area (Å²) >= 11 is 5.93. The highest BCUT2D eigenvalue weighted by Crippen LogP contribution is 2.23. The van der Waals surface area contributed by atoms with E-state index in [2.05, 4.69) is 0 Å². The summed E-state index contributed by atoms with van der Waals surface area (Å²) in [7, 11) is 1.42. The lowest BCUT2D eigenvalue weighted by molar-refractivity contribution is -0.138. The molecule has 1 rings (SSSR count).